The molecule has 1 heterocycles. The van der Waals surface area contributed by atoms with Crippen LogP contribution in [0.25, 0.3) is 0 Å². The van der Waals surface area contributed by atoms with Crippen LogP contribution in [0.1, 0.15) is 12.5 Å². The van der Waals surface area contributed by atoms with Crippen molar-refractivity contribution in [1.82, 2.24) is 5.32 Å². The monoisotopic (exact) mass is 257 g/mol. The topological polar surface area (TPSA) is 73.2 Å². The van der Waals surface area contributed by atoms with Crippen LogP contribution in [0.4, 0.5) is 5.69 Å². The van der Waals surface area contributed by atoms with Gasteiger partial charge in [-0.1, -0.05) is 25.1 Å². The van der Waals surface area contributed by atoms with Gasteiger partial charge < -0.3 is 10.2 Å². The van der Waals surface area contributed by atoms with Crippen LogP contribution in [0, 0.1) is 17.2 Å². The minimum Gasteiger partial charge on any atom is -0.335 e. The predicted octanol–water partition coefficient (Wildman–Crippen LogP) is 0.852. The Kier molecular flexibility index (Phi) is 3.81. The van der Waals surface area contributed by atoms with Gasteiger partial charge in [-0.3, -0.25) is 9.59 Å². The zero-order valence-electron chi connectivity index (χ0n) is 10.7. The van der Waals surface area contributed by atoms with E-state index in [0.29, 0.717) is 12.5 Å². The highest BCUT2D eigenvalue weighted by Crippen LogP contribution is 2.29. The van der Waals surface area contributed by atoms with Crippen molar-refractivity contribution in [1.29, 1.82) is 5.26 Å². The number of anilines is 1. The first-order chi connectivity index (χ1) is 9.13. The summed E-state index contributed by atoms with van der Waals surface area (Å²) in [4.78, 5) is 25.3. The van der Waals surface area contributed by atoms with E-state index in [0.717, 1.165) is 17.7 Å². The number of para-hydroxylation sites is 1. The zero-order valence-corrected chi connectivity index (χ0v) is 10.7. The van der Waals surface area contributed by atoms with Gasteiger partial charge in [0.05, 0.1) is 6.07 Å². The highest BCUT2D eigenvalue weighted by molar-refractivity contribution is 6.40. The van der Waals surface area contributed by atoms with Crippen molar-refractivity contribution in [2.24, 2.45) is 5.92 Å². The second-order valence-corrected chi connectivity index (χ2v) is 4.69. The Hall–Kier alpha value is -2.35. The van der Waals surface area contributed by atoms with Gasteiger partial charge in [0, 0.05) is 12.2 Å². The first-order valence-corrected chi connectivity index (χ1v) is 6.18. The lowest BCUT2D eigenvalue weighted by molar-refractivity contribution is -0.137. The highest BCUT2D eigenvalue weighted by Gasteiger charge is 2.29. The molecule has 0 aliphatic carbocycles. The molecular formula is C14H15N3O2. The largest absolute Gasteiger partial charge is 0.335 e. The molecule has 0 bridgehead atoms. The van der Waals surface area contributed by atoms with Crippen molar-refractivity contribution in [3.05, 3.63) is 29.8 Å². The normalized spacial score (nSPS) is 17.3. The number of nitriles is 1. The molecule has 1 N–H and O–H groups in total. The van der Waals surface area contributed by atoms with Crippen molar-refractivity contribution in [2.45, 2.75) is 13.3 Å². The average molecular weight is 257 g/mol. The molecule has 5 heteroatoms. The van der Waals surface area contributed by atoms with Crippen LogP contribution in [0.5, 0.6) is 0 Å². The lowest BCUT2D eigenvalue weighted by Crippen LogP contribution is -2.47. The summed E-state index contributed by atoms with van der Waals surface area (Å²) in [6.45, 7) is 2.41. The molecule has 19 heavy (non-hydrogen) atoms. The number of hydrogen-bond donors (Lipinski definition) is 1. The second kappa shape index (κ2) is 5.53. The number of carbonyl (C=O) groups is 2. The fraction of sp³-hybridized carbons (Fsp3) is 0.357. The van der Waals surface area contributed by atoms with Gasteiger partial charge in [-0.2, -0.15) is 5.26 Å². The molecule has 98 valence electrons. The van der Waals surface area contributed by atoms with Gasteiger partial charge in [-0.05, 0) is 24.0 Å². The molecular weight excluding hydrogens is 242 g/mol. The SMILES string of the molecule is CC1Cc2ccccc2N(C(=O)C(=O)NCC#N)C1. The first-order valence-electron chi connectivity index (χ1n) is 6.18. The van der Waals surface area contributed by atoms with Gasteiger partial charge in [0.15, 0.2) is 0 Å². The van der Waals surface area contributed by atoms with E-state index in [2.05, 4.69) is 5.32 Å². The Morgan fingerprint density at radius 3 is 2.95 bits per heavy atom. The summed E-state index contributed by atoms with van der Waals surface area (Å²) in [5.41, 5.74) is 1.86. The Bertz CT molecular complexity index is 548. The lowest BCUT2D eigenvalue weighted by Gasteiger charge is -2.32. The number of carbonyl (C=O) groups excluding carboxylic acids is 2. The summed E-state index contributed by atoms with van der Waals surface area (Å²) < 4.78 is 0. The molecule has 1 aromatic carbocycles. The molecule has 1 atom stereocenters. The average Bonchev–Trinajstić information content (AvgIpc) is 2.42. The third kappa shape index (κ3) is 2.74. The van der Waals surface area contributed by atoms with Crippen molar-refractivity contribution < 1.29 is 9.59 Å². The minimum atomic E-state index is -0.731. The molecule has 1 aliphatic heterocycles. The van der Waals surface area contributed by atoms with Gasteiger partial charge in [-0.15, -0.1) is 0 Å². The maximum absolute atomic E-state index is 12.1. The van der Waals surface area contributed by atoms with E-state index in [1.807, 2.05) is 31.2 Å². The maximum Gasteiger partial charge on any atom is 0.316 e. The van der Waals surface area contributed by atoms with E-state index >= 15 is 0 Å². The number of amides is 2. The molecule has 2 rings (SSSR count). The lowest BCUT2D eigenvalue weighted by atomic mass is 9.94. The summed E-state index contributed by atoms with van der Waals surface area (Å²) in [6, 6.07) is 9.37. The molecule has 0 saturated heterocycles. The number of nitrogens with zero attached hydrogens (tertiary/aromatic N) is 2. The van der Waals surface area contributed by atoms with E-state index in [1.54, 1.807) is 6.07 Å². The molecule has 0 radical (unpaired) electrons. The van der Waals surface area contributed by atoms with Gasteiger partial charge >= 0.3 is 11.8 Å². The molecule has 5 nitrogen and oxygen atoms in total. The third-order valence-electron chi connectivity index (χ3n) is 3.11. The van der Waals surface area contributed by atoms with Crippen molar-refractivity contribution >= 4 is 17.5 Å². The van der Waals surface area contributed by atoms with Crippen LogP contribution < -0.4 is 10.2 Å². The van der Waals surface area contributed by atoms with Gasteiger partial charge in [0.2, 0.25) is 0 Å². The fourth-order valence-electron chi connectivity index (χ4n) is 2.31. The van der Waals surface area contributed by atoms with Gasteiger partial charge in [0.25, 0.3) is 0 Å². The summed E-state index contributed by atoms with van der Waals surface area (Å²) in [6.07, 6.45) is 0.903. The van der Waals surface area contributed by atoms with Crippen molar-refractivity contribution in [2.75, 3.05) is 18.0 Å². The van der Waals surface area contributed by atoms with Gasteiger partial charge in [0.1, 0.15) is 6.54 Å². The van der Waals surface area contributed by atoms with Crippen LogP contribution in [-0.2, 0) is 16.0 Å². The van der Waals surface area contributed by atoms with Crippen molar-refractivity contribution in [3.63, 3.8) is 0 Å². The minimum absolute atomic E-state index is 0.157. The second-order valence-electron chi connectivity index (χ2n) is 4.69. The fourth-order valence-corrected chi connectivity index (χ4v) is 2.31. The third-order valence-corrected chi connectivity index (χ3v) is 3.11. The van der Waals surface area contributed by atoms with Gasteiger partial charge in [-0.25, -0.2) is 0 Å². The van der Waals surface area contributed by atoms with E-state index in [1.165, 1.54) is 4.90 Å². The Morgan fingerprint density at radius 1 is 1.47 bits per heavy atom. The summed E-state index contributed by atoms with van der Waals surface area (Å²) in [5.74, 6) is -1.03. The van der Waals surface area contributed by atoms with Crippen LogP contribution in [-0.4, -0.2) is 24.9 Å². The Balaban J connectivity index is 2.23. The summed E-state index contributed by atoms with van der Waals surface area (Å²) >= 11 is 0. The van der Waals surface area contributed by atoms with Crippen molar-refractivity contribution in [3.8, 4) is 6.07 Å². The number of rotatable bonds is 1. The van der Waals surface area contributed by atoms with Crippen LogP contribution in [0.15, 0.2) is 24.3 Å². The standard InChI is InChI=1S/C14H15N3O2/c1-10-8-11-4-2-3-5-12(11)17(9-10)14(19)13(18)16-7-6-15/h2-5,10H,7-9H2,1H3,(H,16,18). The first kappa shape index (κ1) is 13.1. The van der Waals surface area contributed by atoms with Crippen LogP contribution >= 0.6 is 0 Å². The zero-order chi connectivity index (χ0) is 13.8. The molecule has 0 fully saturated rings. The van der Waals surface area contributed by atoms with E-state index < -0.39 is 11.8 Å². The van der Waals surface area contributed by atoms with Crippen LogP contribution in [0.2, 0.25) is 0 Å². The summed E-state index contributed by atoms with van der Waals surface area (Å²) in [5, 5.41) is 10.7. The molecule has 2 amide bonds. The number of hydrogen-bond acceptors (Lipinski definition) is 3. The molecule has 0 spiro atoms. The molecule has 1 aliphatic rings. The smallest absolute Gasteiger partial charge is 0.316 e. The Labute approximate surface area is 111 Å². The number of nitrogens with one attached hydrogen (secondary N) is 1. The van der Waals surface area contributed by atoms with E-state index in [-0.39, 0.29) is 6.54 Å². The predicted molar refractivity (Wildman–Crippen MR) is 70.3 cm³/mol. The maximum atomic E-state index is 12.1. The van der Waals surface area contributed by atoms with Crippen LogP contribution in [0.3, 0.4) is 0 Å². The molecule has 0 saturated carbocycles. The van der Waals surface area contributed by atoms with E-state index in [4.69, 9.17) is 5.26 Å². The number of fused-ring (bicyclic) bond motifs is 1. The molecule has 1 unspecified atom stereocenters. The summed E-state index contributed by atoms with van der Waals surface area (Å²) in [7, 11) is 0. The highest BCUT2D eigenvalue weighted by atomic mass is 16.2. The molecule has 0 aromatic heterocycles. The Morgan fingerprint density at radius 2 is 2.21 bits per heavy atom. The quantitative estimate of drug-likeness (QED) is 0.599. The van der Waals surface area contributed by atoms with E-state index in [9.17, 15) is 9.59 Å². The number of benzene rings is 1. The molecule has 1 aromatic rings.